The van der Waals surface area contributed by atoms with Gasteiger partial charge in [0.15, 0.2) is 0 Å². The third-order valence-corrected chi connectivity index (χ3v) is 6.84. The minimum atomic E-state index is -0.230. The molecule has 0 N–H and O–H groups in total. The van der Waals surface area contributed by atoms with Gasteiger partial charge in [-0.2, -0.15) is 0 Å². The number of benzene rings is 2. The SMILES string of the molecule is C=CCN(CC(=O)N1CCc2sccc2[C@H]1COc1cccc(OC)c1)C(=O)c1ccccc1. The molecule has 7 heteroatoms. The summed E-state index contributed by atoms with van der Waals surface area (Å²) in [6.45, 7) is 4.94. The first-order valence-corrected chi connectivity index (χ1v) is 12.1. The van der Waals surface area contributed by atoms with Gasteiger partial charge in [0.2, 0.25) is 5.91 Å². The van der Waals surface area contributed by atoms with Crippen LogP contribution >= 0.6 is 11.3 Å². The van der Waals surface area contributed by atoms with Crippen molar-refractivity contribution in [3.8, 4) is 11.5 Å². The van der Waals surface area contributed by atoms with Crippen LogP contribution in [0, 0.1) is 0 Å². The highest BCUT2D eigenvalue weighted by molar-refractivity contribution is 7.10. The Bertz CT molecular complexity index is 1140. The second-order valence-electron chi connectivity index (χ2n) is 7.98. The van der Waals surface area contributed by atoms with E-state index in [1.54, 1.807) is 36.7 Å². The van der Waals surface area contributed by atoms with Gasteiger partial charge < -0.3 is 19.3 Å². The molecule has 0 saturated heterocycles. The molecule has 0 spiro atoms. The predicted octanol–water partition coefficient (Wildman–Crippen LogP) is 4.59. The summed E-state index contributed by atoms with van der Waals surface area (Å²) in [6, 6.07) is 18.3. The molecule has 0 saturated carbocycles. The standard InChI is InChI=1S/C27H28N2O4S/c1-3-14-28(27(31)20-8-5-4-6-9-20)18-26(30)29-15-12-25-23(13-16-34-25)24(29)19-33-22-11-7-10-21(17-22)32-2/h3-11,13,16-17,24H,1,12,14-15,18-19H2,2H3/t24-/m1/s1. The molecule has 3 aromatic rings. The summed E-state index contributed by atoms with van der Waals surface area (Å²) in [5.74, 6) is 1.10. The highest BCUT2D eigenvalue weighted by Gasteiger charge is 2.33. The smallest absolute Gasteiger partial charge is 0.254 e. The van der Waals surface area contributed by atoms with E-state index in [0.29, 0.717) is 36.8 Å². The van der Waals surface area contributed by atoms with Gasteiger partial charge in [0.1, 0.15) is 24.7 Å². The Labute approximate surface area is 204 Å². The molecule has 0 unspecified atom stereocenters. The van der Waals surface area contributed by atoms with Gasteiger partial charge in [-0.15, -0.1) is 17.9 Å². The van der Waals surface area contributed by atoms with Crippen molar-refractivity contribution in [2.45, 2.75) is 12.5 Å². The molecule has 176 valence electrons. The van der Waals surface area contributed by atoms with Gasteiger partial charge in [0, 0.05) is 29.6 Å². The lowest BCUT2D eigenvalue weighted by molar-refractivity contribution is -0.135. The van der Waals surface area contributed by atoms with Gasteiger partial charge in [-0.25, -0.2) is 0 Å². The lowest BCUT2D eigenvalue weighted by atomic mass is 10.0. The van der Waals surface area contributed by atoms with Crippen LogP contribution in [-0.4, -0.2) is 55.0 Å². The summed E-state index contributed by atoms with van der Waals surface area (Å²) < 4.78 is 11.4. The average Bonchev–Trinajstić information content (AvgIpc) is 3.36. The van der Waals surface area contributed by atoms with Gasteiger partial charge >= 0.3 is 0 Å². The minimum absolute atomic E-state index is 0.0190. The Hall–Kier alpha value is -3.58. The van der Waals surface area contributed by atoms with Crippen molar-refractivity contribution in [2.75, 3.05) is 33.4 Å². The van der Waals surface area contributed by atoms with E-state index in [1.165, 1.54) is 9.78 Å². The molecule has 34 heavy (non-hydrogen) atoms. The number of thiophene rings is 1. The largest absolute Gasteiger partial charge is 0.497 e. The van der Waals surface area contributed by atoms with Crippen LogP contribution in [0.1, 0.15) is 26.8 Å². The Morgan fingerprint density at radius 3 is 2.71 bits per heavy atom. The van der Waals surface area contributed by atoms with Gasteiger partial charge in [0.25, 0.3) is 5.91 Å². The average molecular weight is 477 g/mol. The molecule has 0 aliphatic carbocycles. The summed E-state index contributed by atoms with van der Waals surface area (Å²) >= 11 is 1.70. The number of methoxy groups -OCH3 is 1. The van der Waals surface area contributed by atoms with E-state index in [4.69, 9.17) is 9.47 Å². The Kier molecular flexibility index (Phi) is 7.65. The number of hydrogen-bond donors (Lipinski definition) is 0. The Balaban J connectivity index is 1.52. The van der Waals surface area contributed by atoms with Crippen LogP contribution < -0.4 is 9.47 Å². The molecule has 2 aromatic carbocycles. The maximum absolute atomic E-state index is 13.5. The maximum Gasteiger partial charge on any atom is 0.254 e. The van der Waals surface area contributed by atoms with Crippen molar-refractivity contribution in [1.29, 1.82) is 0 Å². The van der Waals surface area contributed by atoms with Crippen LogP contribution in [0.25, 0.3) is 0 Å². The Morgan fingerprint density at radius 1 is 1.15 bits per heavy atom. The molecular weight excluding hydrogens is 448 g/mol. The van der Waals surface area contributed by atoms with Crippen molar-refractivity contribution in [2.24, 2.45) is 0 Å². The first kappa shape index (κ1) is 23.6. The summed E-state index contributed by atoms with van der Waals surface area (Å²) in [7, 11) is 1.62. The molecular formula is C27H28N2O4S. The number of hydrogen-bond acceptors (Lipinski definition) is 5. The van der Waals surface area contributed by atoms with E-state index < -0.39 is 0 Å². The topological polar surface area (TPSA) is 59.1 Å². The van der Waals surface area contributed by atoms with Crippen LogP contribution in [0.3, 0.4) is 0 Å². The molecule has 0 fully saturated rings. The molecule has 6 nitrogen and oxygen atoms in total. The van der Waals surface area contributed by atoms with Crippen LogP contribution in [0.15, 0.2) is 78.7 Å². The van der Waals surface area contributed by atoms with E-state index in [1.807, 2.05) is 47.4 Å². The number of ether oxygens (including phenoxy) is 2. The van der Waals surface area contributed by atoms with Crippen molar-refractivity contribution < 1.29 is 19.1 Å². The zero-order chi connectivity index (χ0) is 23.9. The zero-order valence-corrected chi connectivity index (χ0v) is 20.0. The van der Waals surface area contributed by atoms with E-state index in [-0.39, 0.29) is 24.4 Å². The lowest BCUT2D eigenvalue weighted by Gasteiger charge is -2.37. The molecule has 4 rings (SSSR count). The van der Waals surface area contributed by atoms with Crippen LogP contribution in [0.5, 0.6) is 11.5 Å². The van der Waals surface area contributed by atoms with Crippen molar-refractivity contribution in [3.05, 3.63) is 94.7 Å². The molecule has 1 aromatic heterocycles. The number of fused-ring (bicyclic) bond motifs is 1. The fourth-order valence-electron chi connectivity index (χ4n) is 4.13. The van der Waals surface area contributed by atoms with Crippen LogP contribution in [-0.2, 0) is 11.2 Å². The van der Waals surface area contributed by atoms with E-state index >= 15 is 0 Å². The fourth-order valence-corrected chi connectivity index (χ4v) is 5.06. The van der Waals surface area contributed by atoms with E-state index in [2.05, 4.69) is 18.0 Å². The zero-order valence-electron chi connectivity index (χ0n) is 19.2. The Morgan fingerprint density at radius 2 is 1.94 bits per heavy atom. The molecule has 0 bridgehead atoms. The highest BCUT2D eigenvalue weighted by Crippen LogP contribution is 2.34. The number of carbonyl (C=O) groups is 2. The molecule has 1 aliphatic rings. The molecule has 1 atom stereocenters. The second-order valence-corrected chi connectivity index (χ2v) is 8.98. The number of amides is 2. The number of nitrogens with zero attached hydrogens (tertiary/aromatic N) is 2. The maximum atomic E-state index is 13.5. The lowest BCUT2D eigenvalue weighted by Crippen LogP contribution is -2.47. The first-order valence-electron chi connectivity index (χ1n) is 11.2. The fraction of sp³-hybridized carbons (Fsp3) is 0.259. The third-order valence-electron chi connectivity index (χ3n) is 5.85. The third kappa shape index (κ3) is 5.31. The molecule has 0 radical (unpaired) electrons. The van der Waals surface area contributed by atoms with Crippen molar-refractivity contribution in [3.63, 3.8) is 0 Å². The molecule has 1 aliphatic heterocycles. The van der Waals surface area contributed by atoms with Crippen molar-refractivity contribution >= 4 is 23.2 Å². The summed E-state index contributed by atoms with van der Waals surface area (Å²) in [5.41, 5.74) is 1.66. The monoisotopic (exact) mass is 476 g/mol. The summed E-state index contributed by atoms with van der Waals surface area (Å²) in [4.78, 5) is 31.2. The second kappa shape index (κ2) is 11.0. The summed E-state index contributed by atoms with van der Waals surface area (Å²) in [6.07, 6.45) is 2.44. The summed E-state index contributed by atoms with van der Waals surface area (Å²) in [5, 5.41) is 2.06. The van der Waals surface area contributed by atoms with Gasteiger partial charge in [0.05, 0.1) is 13.2 Å². The molecule has 2 heterocycles. The number of rotatable bonds is 9. The quantitative estimate of drug-likeness (QED) is 0.424. The number of carbonyl (C=O) groups excluding carboxylic acids is 2. The van der Waals surface area contributed by atoms with Crippen molar-refractivity contribution in [1.82, 2.24) is 9.80 Å². The van der Waals surface area contributed by atoms with E-state index in [0.717, 1.165) is 12.0 Å². The van der Waals surface area contributed by atoms with Gasteiger partial charge in [-0.1, -0.05) is 30.3 Å². The predicted molar refractivity (Wildman–Crippen MR) is 134 cm³/mol. The molecule has 2 amide bonds. The van der Waals surface area contributed by atoms with Gasteiger partial charge in [-0.3, -0.25) is 9.59 Å². The minimum Gasteiger partial charge on any atom is -0.497 e. The normalized spacial score (nSPS) is 14.7. The van der Waals surface area contributed by atoms with Gasteiger partial charge in [-0.05, 0) is 47.7 Å². The highest BCUT2D eigenvalue weighted by atomic mass is 32.1. The van der Waals surface area contributed by atoms with Crippen LogP contribution in [0.2, 0.25) is 0 Å². The van der Waals surface area contributed by atoms with E-state index in [9.17, 15) is 9.59 Å². The first-order chi connectivity index (χ1) is 16.6. The van der Waals surface area contributed by atoms with Crippen LogP contribution in [0.4, 0.5) is 0 Å².